The van der Waals surface area contributed by atoms with Crippen LogP contribution in [-0.2, 0) is 10.3 Å². The Morgan fingerprint density at radius 1 is 1.19 bits per heavy atom. The molecule has 31 heavy (non-hydrogen) atoms. The summed E-state index contributed by atoms with van der Waals surface area (Å²) in [6, 6.07) is 6.84. The lowest BCUT2D eigenvalue weighted by Gasteiger charge is -2.20. The smallest absolute Gasteiger partial charge is 0.343 e. The Morgan fingerprint density at radius 2 is 1.97 bits per heavy atom. The summed E-state index contributed by atoms with van der Waals surface area (Å²) >= 11 is 1.22. The van der Waals surface area contributed by atoms with Crippen molar-refractivity contribution < 1.29 is 22.8 Å². The maximum Gasteiger partial charge on any atom is 0.411 e. The van der Waals surface area contributed by atoms with Crippen LogP contribution in [0.5, 0.6) is 0 Å². The van der Waals surface area contributed by atoms with Crippen LogP contribution in [0.3, 0.4) is 0 Å². The molecule has 0 aliphatic heterocycles. The second kappa shape index (κ2) is 7.80. The van der Waals surface area contributed by atoms with Gasteiger partial charge in [0.2, 0.25) is 5.91 Å². The lowest BCUT2D eigenvalue weighted by molar-refractivity contribution is -0.179. The molecule has 1 saturated carbocycles. The number of rotatable bonds is 6. The Morgan fingerprint density at radius 3 is 2.65 bits per heavy atom. The minimum absolute atomic E-state index is 0.0114. The third kappa shape index (κ3) is 4.31. The highest BCUT2D eigenvalue weighted by molar-refractivity contribution is 7.14. The molecule has 4 rings (SSSR count). The molecule has 1 fully saturated rings. The molecule has 11 heteroatoms. The second-order valence-electron chi connectivity index (χ2n) is 7.27. The topological polar surface area (TPSA) is 88.9 Å². The monoisotopic (exact) mass is 449 g/mol. The summed E-state index contributed by atoms with van der Waals surface area (Å²) in [5.41, 5.74) is 0.285. The highest BCUT2D eigenvalue weighted by Crippen LogP contribution is 2.55. The molecule has 0 bridgehead atoms. The van der Waals surface area contributed by atoms with Gasteiger partial charge in [-0.05, 0) is 38.0 Å². The largest absolute Gasteiger partial charge is 0.411 e. The zero-order valence-electron chi connectivity index (χ0n) is 16.4. The number of carbonyl (C=O) groups is 2. The van der Waals surface area contributed by atoms with Gasteiger partial charge in [-0.15, -0.1) is 11.3 Å². The Kier molecular flexibility index (Phi) is 5.29. The normalized spacial score (nSPS) is 14.8. The second-order valence-corrected chi connectivity index (χ2v) is 8.13. The van der Waals surface area contributed by atoms with Crippen LogP contribution >= 0.6 is 11.3 Å². The van der Waals surface area contributed by atoms with Gasteiger partial charge in [-0.1, -0.05) is 6.07 Å². The average molecular weight is 449 g/mol. The summed E-state index contributed by atoms with van der Waals surface area (Å²) in [5.74, 6) is -1.13. The SMILES string of the molecule is Cc1cccc(-c2csc(NC(=O)CNC(=O)c3ccn(C4(C(F)(F)F)CC4)c3)n2)n1. The van der Waals surface area contributed by atoms with Crippen LogP contribution in [0.2, 0.25) is 0 Å². The Hall–Kier alpha value is -3.21. The summed E-state index contributed by atoms with van der Waals surface area (Å²) in [5, 5.41) is 7.10. The number of halogens is 3. The van der Waals surface area contributed by atoms with Crippen molar-refractivity contribution in [3.63, 3.8) is 0 Å². The molecule has 1 aliphatic carbocycles. The first-order valence-corrected chi connectivity index (χ1v) is 10.3. The third-order valence-corrected chi connectivity index (χ3v) is 5.77. The highest BCUT2D eigenvalue weighted by atomic mass is 32.1. The number of carbonyl (C=O) groups excluding carboxylic acids is 2. The molecule has 2 amide bonds. The van der Waals surface area contributed by atoms with Gasteiger partial charge in [0, 0.05) is 23.5 Å². The summed E-state index contributed by atoms with van der Waals surface area (Å²) in [6.07, 6.45) is -1.99. The molecule has 0 spiro atoms. The molecule has 0 aromatic carbocycles. The van der Waals surface area contributed by atoms with E-state index in [0.29, 0.717) is 16.5 Å². The molecule has 3 heterocycles. The number of pyridine rings is 1. The maximum atomic E-state index is 13.2. The van der Waals surface area contributed by atoms with E-state index >= 15 is 0 Å². The van der Waals surface area contributed by atoms with Gasteiger partial charge in [0.1, 0.15) is 11.2 Å². The molecule has 0 saturated heterocycles. The van der Waals surface area contributed by atoms with E-state index in [1.54, 1.807) is 5.38 Å². The predicted molar refractivity (Wildman–Crippen MR) is 109 cm³/mol. The number of thiazole rings is 1. The molecule has 3 aromatic heterocycles. The molecule has 162 valence electrons. The predicted octanol–water partition coefficient (Wildman–Crippen LogP) is 3.73. The Balaban J connectivity index is 1.32. The van der Waals surface area contributed by atoms with Gasteiger partial charge in [-0.2, -0.15) is 13.2 Å². The molecule has 0 atom stereocenters. The highest BCUT2D eigenvalue weighted by Gasteiger charge is 2.64. The number of nitrogens with zero attached hydrogens (tertiary/aromatic N) is 3. The lowest BCUT2D eigenvalue weighted by atomic mass is 10.2. The van der Waals surface area contributed by atoms with Crippen molar-refractivity contribution in [2.75, 3.05) is 11.9 Å². The zero-order valence-corrected chi connectivity index (χ0v) is 17.2. The van der Waals surface area contributed by atoms with Crippen molar-refractivity contribution in [1.29, 1.82) is 0 Å². The number of alkyl halides is 3. The van der Waals surface area contributed by atoms with Crippen LogP contribution in [0.4, 0.5) is 18.3 Å². The zero-order chi connectivity index (χ0) is 22.2. The van der Waals surface area contributed by atoms with E-state index in [9.17, 15) is 22.8 Å². The Labute approximate surface area is 179 Å². The number of nitrogens with one attached hydrogen (secondary N) is 2. The van der Waals surface area contributed by atoms with Crippen molar-refractivity contribution in [2.24, 2.45) is 0 Å². The van der Waals surface area contributed by atoms with Crippen molar-refractivity contribution in [3.8, 4) is 11.4 Å². The molecule has 7 nitrogen and oxygen atoms in total. The maximum absolute atomic E-state index is 13.2. The summed E-state index contributed by atoms with van der Waals surface area (Å²) in [7, 11) is 0. The van der Waals surface area contributed by atoms with Crippen molar-refractivity contribution >= 4 is 28.3 Å². The molecule has 1 aliphatic rings. The first-order chi connectivity index (χ1) is 14.7. The number of hydrogen-bond acceptors (Lipinski definition) is 5. The summed E-state index contributed by atoms with van der Waals surface area (Å²) in [4.78, 5) is 33.0. The van der Waals surface area contributed by atoms with Crippen LogP contribution in [-0.4, -0.2) is 39.1 Å². The molecular weight excluding hydrogens is 431 g/mol. The van der Waals surface area contributed by atoms with E-state index in [4.69, 9.17) is 0 Å². The fraction of sp³-hybridized carbons (Fsp3) is 0.300. The van der Waals surface area contributed by atoms with Crippen LogP contribution in [0.25, 0.3) is 11.4 Å². The molecule has 0 radical (unpaired) electrons. The van der Waals surface area contributed by atoms with Crippen molar-refractivity contribution in [1.82, 2.24) is 19.9 Å². The first-order valence-electron chi connectivity index (χ1n) is 9.41. The van der Waals surface area contributed by atoms with Gasteiger partial charge in [0.05, 0.1) is 17.8 Å². The fourth-order valence-corrected chi connectivity index (χ4v) is 3.88. The standard InChI is InChI=1S/C20H18F3N5O2S/c1-12-3-2-4-14(25-12)15-11-31-18(26-15)27-16(29)9-24-17(30)13-5-8-28(10-13)19(6-7-19)20(21,22)23/h2-5,8,10-11H,6-7,9H2,1H3,(H,24,30)(H,26,27,29). The summed E-state index contributed by atoms with van der Waals surface area (Å²) in [6.45, 7) is 1.52. The van der Waals surface area contributed by atoms with Gasteiger partial charge in [0.25, 0.3) is 5.91 Å². The van der Waals surface area contributed by atoms with Gasteiger partial charge >= 0.3 is 6.18 Å². The average Bonchev–Trinajstić information content (AvgIpc) is 3.18. The van der Waals surface area contributed by atoms with Crippen molar-refractivity contribution in [2.45, 2.75) is 31.5 Å². The minimum atomic E-state index is -4.37. The number of aryl methyl sites for hydroxylation is 1. The van der Waals surface area contributed by atoms with E-state index in [1.165, 1.54) is 23.6 Å². The minimum Gasteiger partial charge on any atom is -0.343 e. The quantitative estimate of drug-likeness (QED) is 0.600. The molecule has 0 unspecified atom stereocenters. The Bertz CT molecular complexity index is 1130. The van der Waals surface area contributed by atoms with E-state index in [2.05, 4.69) is 20.6 Å². The van der Waals surface area contributed by atoms with Gasteiger partial charge in [-0.3, -0.25) is 14.6 Å². The first kappa shape index (κ1) is 21.0. The summed E-state index contributed by atoms with van der Waals surface area (Å²) < 4.78 is 40.6. The van der Waals surface area contributed by atoms with E-state index < -0.39 is 23.5 Å². The third-order valence-electron chi connectivity index (χ3n) is 5.01. The number of amides is 2. The van der Waals surface area contributed by atoms with E-state index in [0.717, 1.165) is 16.5 Å². The van der Waals surface area contributed by atoms with Crippen LogP contribution in [0.15, 0.2) is 42.0 Å². The van der Waals surface area contributed by atoms with Gasteiger partial charge in [0.15, 0.2) is 5.13 Å². The van der Waals surface area contributed by atoms with Crippen LogP contribution < -0.4 is 10.6 Å². The molecule has 3 aromatic rings. The van der Waals surface area contributed by atoms with Crippen LogP contribution in [0, 0.1) is 6.92 Å². The van der Waals surface area contributed by atoms with Crippen molar-refractivity contribution in [3.05, 3.63) is 53.3 Å². The molecule has 2 N–H and O–H groups in total. The number of hydrogen-bond donors (Lipinski definition) is 2. The lowest BCUT2D eigenvalue weighted by Crippen LogP contribution is -2.34. The molecular formula is C20H18F3N5O2S. The van der Waals surface area contributed by atoms with Gasteiger partial charge in [-0.25, -0.2) is 4.98 Å². The van der Waals surface area contributed by atoms with E-state index in [1.807, 2.05) is 25.1 Å². The number of aromatic nitrogens is 3. The van der Waals surface area contributed by atoms with E-state index in [-0.39, 0.29) is 24.9 Å². The number of anilines is 1. The fourth-order valence-electron chi connectivity index (χ4n) is 3.16. The van der Waals surface area contributed by atoms with Gasteiger partial charge < -0.3 is 15.2 Å². The van der Waals surface area contributed by atoms with Crippen LogP contribution in [0.1, 0.15) is 28.9 Å².